The van der Waals surface area contributed by atoms with Gasteiger partial charge in [0.15, 0.2) is 0 Å². The lowest BCUT2D eigenvalue weighted by atomic mass is 10.2. The van der Waals surface area contributed by atoms with Crippen LogP contribution in [0.15, 0.2) is 45.6 Å². The van der Waals surface area contributed by atoms with E-state index in [-0.39, 0.29) is 11.9 Å². The van der Waals surface area contributed by atoms with Gasteiger partial charge >= 0.3 is 11.9 Å². The molecule has 0 bridgehead atoms. The molecule has 0 radical (unpaired) electrons. The van der Waals surface area contributed by atoms with Crippen molar-refractivity contribution in [2.24, 2.45) is 7.05 Å². The quantitative estimate of drug-likeness (QED) is 0.395. The number of hydrogen-bond donors (Lipinski definition) is 1. The predicted octanol–water partition coefficient (Wildman–Crippen LogP) is 4.23. The number of fused-ring (bicyclic) bond motifs is 2. The number of carbonyl (C=O) groups excluding carboxylic acids is 2. The third-order valence-electron chi connectivity index (χ3n) is 4.04. The first kappa shape index (κ1) is 21.0. The number of H-pyrrole nitrogens is 1. The number of carbonyl (C=O) groups is 2. The van der Waals surface area contributed by atoms with Crippen molar-refractivity contribution >= 4 is 65.6 Å². The molecule has 2 heterocycles. The number of ether oxygens (including phenoxy) is 2. The van der Waals surface area contributed by atoms with Crippen LogP contribution in [0.1, 0.15) is 20.7 Å². The highest BCUT2D eigenvalue weighted by Gasteiger charge is 2.11. The number of aryl methyl sites for hydroxylation is 1. The molecule has 2 aromatic carbocycles. The smallest absolute Gasteiger partial charge is 0.337 e. The predicted molar refractivity (Wildman–Crippen MR) is 115 cm³/mol. The van der Waals surface area contributed by atoms with Gasteiger partial charge in [-0.2, -0.15) is 10.2 Å². The van der Waals surface area contributed by atoms with Crippen molar-refractivity contribution in [3.8, 4) is 0 Å². The Labute approximate surface area is 182 Å². The summed E-state index contributed by atoms with van der Waals surface area (Å²) >= 11 is 6.75. The van der Waals surface area contributed by atoms with E-state index in [2.05, 4.69) is 56.6 Å². The Morgan fingerprint density at radius 2 is 1.55 bits per heavy atom. The first-order valence-corrected chi connectivity index (χ1v) is 9.84. The van der Waals surface area contributed by atoms with Crippen molar-refractivity contribution in [2.45, 2.75) is 0 Å². The van der Waals surface area contributed by atoms with Crippen LogP contribution in [0.2, 0.25) is 0 Å². The van der Waals surface area contributed by atoms with Gasteiger partial charge in [-0.25, -0.2) is 9.59 Å². The van der Waals surface area contributed by atoms with E-state index in [1.807, 2.05) is 13.2 Å². The van der Waals surface area contributed by atoms with Crippen LogP contribution < -0.4 is 0 Å². The molecule has 1 N–H and O–H groups in total. The van der Waals surface area contributed by atoms with Crippen LogP contribution in [0, 0.1) is 0 Å². The maximum Gasteiger partial charge on any atom is 0.337 e. The van der Waals surface area contributed by atoms with E-state index in [1.165, 1.54) is 14.2 Å². The number of hydrogen-bond acceptors (Lipinski definition) is 6. The molecule has 0 unspecified atom stereocenters. The molecule has 8 nitrogen and oxygen atoms in total. The molecule has 0 aliphatic carbocycles. The lowest BCUT2D eigenvalue weighted by molar-refractivity contribution is 0.0592. The first-order valence-electron chi connectivity index (χ1n) is 8.26. The third-order valence-corrected chi connectivity index (χ3v) is 5.35. The average Bonchev–Trinajstić information content (AvgIpc) is 3.33. The minimum absolute atomic E-state index is 0.358. The molecule has 150 valence electrons. The standard InChI is InChI=1S/C10H9BrN2O2.C9H7BrN2O2/c1-13-5-7-8(11)3-6(10(14)15-2)4-9(7)12-13;1-14-9(13)5-2-7(10)6-4-11-12-8(6)3-5/h3-5H,1-2H3;2-4H,1H3,(H,11,12). The lowest BCUT2D eigenvalue weighted by Crippen LogP contribution is -2.00. The minimum atomic E-state index is -0.359. The molecule has 0 fully saturated rings. The molecule has 29 heavy (non-hydrogen) atoms. The summed E-state index contributed by atoms with van der Waals surface area (Å²) in [4.78, 5) is 22.6. The molecular weight excluding hydrogens is 508 g/mol. The van der Waals surface area contributed by atoms with Gasteiger partial charge in [-0.05, 0) is 24.3 Å². The Hall–Kier alpha value is -2.72. The van der Waals surface area contributed by atoms with Crippen molar-refractivity contribution < 1.29 is 19.1 Å². The summed E-state index contributed by atoms with van der Waals surface area (Å²) in [5.41, 5.74) is 2.57. The molecular formula is C19H16Br2N4O4. The zero-order valence-electron chi connectivity index (χ0n) is 15.7. The van der Waals surface area contributed by atoms with Gasteiger partial charge < -0.3 is 9.47 Å². The highest BCUT2D eigenvalue weighted by Crippen LogP contribution is 2.25. The number of esters is 2. The van der Waals surface area contributed by atoms with Gasteiger partial charge in [0.05, 0.1) is 42.6 Å². The normalized spacial score (nSPS) is 10.5. The molecule has 0 atom stereocenters. The maximum atomic E-state index is 11.3. The van der Waals surface area contributed by atoms with E-state index in [9.17, 15) is 9.59 Å². The second-order valence-electron chi connectivity index (χ2n) is 5.97. The Bertz CT molecular complexity index is 1220. The SMILES string of the molecule is COC(=O)c1cc(Br)c2cn(C)nc2c1.COC(=O)c1cc(Br)c2cn[nH]c2c1. The average molecular weight is 524 g/mol. The van der Waals surface area contributed by atoms with E-state index < -0.39 is 0 Å². The highest BCUT2D eigenvalue weighted by molar-refractivity contribution is 9.11. The number of benzene rings is 2. The first-order chi connectivity index (χ1) is 13.8. The molecule has 2 aromatic heterocycles. The van der Waals surface area contributed by atoms with Crippen LogP contribution in [0.5, 0.6) is 0 Å². The summed E-state index contributed by atoms with van der Waals surface area (Å²) in [5, 5.41) is 12.8. The maximum absolute atomic E-state index is 11.3. The summed E-state index contributed by atoms with van der Waals surface area (Å²) < 4.78 is 12.6. The van der Waals surface area contributed by atoms with Crippen molar-refractivity contribution in [1.29, 1.82) is 0 Å². The van der Waals surface area contributed by atoms with Gasteiger partial charge in [0.25, 0.3) is 0 Å². The van der Waals surface area contributed by atoms with E-state index >= 15 is 0 Å². The number of rotatable bonds is 2. The number of halogens is 2. The molecule has 0 amide bonds. The van der Waals surface area contributed by atoms with E-state index in [0.717, 1.165) is 30.8 Å². The zero-order chi connectivity index (χ0) is 21.1. The fourth-order valence-corrected chi connectivity index (χ4v) is 3.79. The van der Waals surface area contributed by atoms with E-state index in [1.54, 1.807) is 35.1 Å². The lowest BCUT2D eigenvalue weighted by Gasteiger charge is -2.00. The Morgan fingerprint density at radius 1 is 0.966 bits per heavy atom. The van der Waals surface area contributed by atoms with E-state index in [4.69, 9.17) is 0 Å². The van der Waals surface area contributed by atoms with Gasteiger partial charge in [0.1, 0.15) is 0 Å². The number of nitrogens with zero attached hydrogens (tertiary/aromatic N) is 3. The van der Waals surface area contributed by atoms with Gasteiger partial charge in [0.2, 0.25) is 0 Å². The van der Waals surface area contributed by atoms with Crippen LogP contribution >= 0.6 is 31.9 Å². The fourth-order valence-electron chi connectivity index (χ4n) is 2.68. The number of aromatic nitrogens is 4. The summed E-state index contributed by atoms with van der Waals surface area (Å²) in [5.74, 6) is -0.717. The summed E-state index contributed by atoms with van der Waals surface area (Å²) in [6, 6.07) is 6.87. The number of aromatic amines is 1. The van der Waals surface area contributed by atoms with Gasteiger partial charge in [0, 0.05) is 33.0 Å². The molecule has 4 rings (SSSR count). The van der Waals surface area contributed by atoms with E-state index in [0.29, 0.717) is 11.1 Å². The summed E-state index contributed by atoms with van der Waals surface area (Å²) in [6.45, 7) is 0. The van der Waals surface area contributed by atoms with Crippen molar-refractivity contribution in [2.75, 3.05) is 14.2 Å². The van der Waals surface area contributed by atoms with Gasteiger partial charge in [-0.1, -0.05) is 31.9 Å². The topological polar surface area (TPSA) is 99.1 Å². The Morgan fingerprint density at radius 3 is 2.17 bits per heavy atom. The van der Waals surface area contributed by atoms with Crippen molar-refractivity contribution in [1.82, 2.24) is 20.0 Å². The molecule has 0 aliphatic rings. The van der Waals surface area contributed by atoms with Crippen LogP contribution in [-0.2, 0) is 16.5 Å². The largest absolute Gasteiger partial charge is 0.465 e. The monoisotopic (exact) mass is 522 g/mol. The van der Waals surface area contributed by atoms with Gasteiger partial charge in [-0.3, -0.25) is 9.78 Å². The fraction of sp³-hybridized carbons (Fsp3) is 0.158. The molecule has 4 aromatic rings. The third kappa shape index (κ3) is 4.48. The van der Waals surface area contributed by atoms with Crippen LogP contribution in [0.4, 0.5) is 0 Å². The summed E-state index contributed by atoms with van der Waals surface area (Å²) in [7, 11) is 4.55. The summed E-state index contributed by atoms with van der Waals surface area (Å²) in [6.07, 6.45) is 3.58. The highest BCUT2D eigenvalue weighted by atomic mass is 79.9. The van der Waals surface area contributed by atoms with Crippen LogP contribution in [-0.4, -0.2) is 46.1 Å². The second kappa shape index (κ2) is 8.75. The van der Waals surface area contributed by atoms with Crippen molar-refractivity contribution in [3.05, 3.63) is 56.7 Å². The minimum Gasteiger partial charge on any atom is -0.465 e. The van der Waals surface area contributed by atoms with Crippen molar-refractivity contribution in [3.63, 3.8) is 0 Å². The number of methoxy groups -OCH3 is 2. The zero-order valence-corrected chi connectivity index (χ0v) is 18.9. The van der Waals surface area contributed by atoms with Crippen LogP contribution in [0.3, 0.4) is 0 Å². The molecule has 0 spiro atoms. The molecule has 0 saturated heterocycles. The Kier molecular flexibility index (Phi) is 6.33. The van der Waals surface area contributed by atoms with Crippen LogP contribution in [0.25, 0.3) is 21.8 Å². The van der Waals surface area contributed by atoms with Gasteiger partial charge in [-0.15, -0.1) is 0 Å². The molecule has 0 saturated carbocycles. The second-order valence-corrected chi connectivity index (χ2v) is 7.67. The molecule has 10 heteroatoms. The Balaban J connectivity index is 0.000000166. The molecule has 0 aliphatic heterocycles. The number of nitrogens with one attached hydrogen (secondary N) is 1.